The fourth-order valence-corrected chi connectivity index (χ4v) is 2.22. The number of rotatable bonds is 4. The molecule has 0 atom stereocenters. The van der Waals surface area contributed by atoms with Crippen LogP contribution in [0.1, 0.15) is 11.3 Å². The van der Waals surface area contributed by atoms with Crippen LogP contribution < -0.4 is 4.74 Å². The van der Waals surface area contributed by atoms with E-state index in [9.17, 15) is 10.2 Å². The molecule has 0 amide bonds. The van der Waals surface area contributed by atoms with Crippen molar-refractivity contribution in [3.8, 4) is 11.6 Å². The summed E-state index contributed by atoms with van der Waals surface area (Å²) in [7, 11) is 0. The van der Waals surface area contributed by atoms with Gasteiger partial charge in [-0.25, -0.2) is 4.98 Å². The molecule has 0 aliphatic heterocycles. The molecule has 3 aromatic rings. The zero-order valence-electron chi connectivity index (χ0n) is 11.4. The highest BCUT2D eigenvalue weighted by Crippen LogP contribution is 2.30. The summed E-state index contributed by atoms with van der Waals surface area (Å²) in [4.78, 5) is 4.34. The van der Waals surface area contributed by atoms with Gasteiger partial charge in [-0.1, -0.05) is 36.4 Å². The second kappa shape index (κ2) is 5.91. The molecule has 1 heterocycles. The summed E-state index contributed by atoms with van der Waals surface area (Å²) in [6, 6.07) is 16.8. The Morgan fingerprint density at radius 2 is 1.67 bits per heavy atom. The van der Waals surface area contributed by atoms with Crippen LogP contribution in [0.3, 0.4) is 0 Å². The highest BCUT2D eigenvalue weighted by Gasteiger charge is 2.10. The van der Waals surface area contributed by atoms with Crippen LogP contribution in [0, 0.1) is 0 Å². The van der Waals surface area contributed by atoms with E-state index in [1.54, 1.807) is 12.1 Å². The second-order valence-electron chi connectivity index (χ2n) is 4.67. The molecule has 0 aliphatic rings. The minimum Gasteiger partial charge on any atom is -0.438 e. The Bertz CT molecular complexity index is 771. The van der Waals surface area contributed by atoms with Crippen LogP contribution >= 0.6 is 0 Å². The van der Waals surface area contributed by atoms with Crippen LogP contribution in [0.25, 0.3) is 10.8 Å². The number of hydrogen-bond acceptors (Lipinski definition) is 4. The molecule has 0 radical (unpaired) electrons. The third-order valence-electron chi connectivity index (χ3n) is 3.27. The molecule has 0 saturated heterocycles. The highest BCUT2D eigenvalue weighted by molar-refractivity contribution is 5.87. The lowest BCUT2D eigenvalue weighted by Gasteiger charge is -2.12. The van der Waals surface area contributed by atoms with Gasteiger partial charge >= 0.3 is 0 Å². The minimum atomic E-state index is -0.150. The average Bonchev–Trinajstić information content (AvgIpc) is 2.55. The van der Waals surface area contributed by atoms with E-state index in [4.69, 9.17) is 4.74 Å². The van der Waals surface area contributed by atoms with Gasteiger partial charge in [0.15, 0.2) is 0 Å². The Morgan fingerprint density at radius 3 is 2.48 bits per heavy atom. The van der Waals surface area contributed by atoms with Gasteiger partial charge in [0, 0.05) is 10.9 Å². The number of nitrogens with zero attached hydrogens (tertiary/aromatic N) is 1. The summed E-state index contributed by atoms with van der Waals surface area (Å²) in [6.07, 6.45) is 0. The number of hydrogen-bond donors (Lipinski definition) is 2. The van der Waals surface area contributed by atoms with Crippen molar-refractivity contribution in [3.63, 3.8) is 0 Å². The Morgan fingerprint density at radius 1 is 0.905 bits per heavy atom. The van der Waals surface area contributed by atoms with Crippen molar-refractivity contribution < 1.29 is 14.9 Å². The Labute approximate surface area is 122 Å². The molecule has 1 aromatic heterocycles. The van der Waals surface area contributed by atoms with Crippen molar-refractivity contribution in [3.05, 3.63) is 65.9 Å². The zero-order valence-corrected chi connectivity index (χ0v) is 11.4. The smallest absolute Gasteiger partial charge is 0.227 e. The molecule has 0 spiro atoms. The van der Waals surface area contributed by atoms with Crippen molar-refractivity contribution in [1.29, 1.82) is 0 Å². The van der Waals surface area contributed by atoms with Crippen molar-refractivity contribution >= 4 is 10.8 Å². The Kier molecular flexibility index (Phi) is 3.81. The molecule has 2 aromatic carbocycles. The lowest BCUT2D eigenvalue weighted by molar-refractivity contribution is 0.272. The van der Waals surface area contributed by atoms with Crippen LogP contribution in [-0.4, -0.2) is 15.2 Å². The predicted molar refractivity (Wildman–Crippen MR) is 80.1 cm³/mol. The fraction of sp³-hybridized carbons (Fsp3) is 0.118. The first-order valence-corrected chi connectivity index (χ1v) is 6.68. The standard InChI is InChI=1S/C17H15NO3/c19-10-13-6-2-4-8-16(13)21-17-15-7-3-1-5-12(15)9-14(11-20)18-17/h1-9,19-20H,10-11H2. The van der Waals surface area contributed by atoms with E-state index in [1.165, 1.54) is 0 Å². The number of fused-ring (bicyclic) bond motifs is 1. The van der Waals surface area contributed by atoms with Gasteiger partial charge in [-0.15, -0.1) is 0 Å². The van der Waals surface area contributed by atoms with Crippen molar-refractivity contribution in [2.45, 2.75) is 13.2 Å². The number of ether oxygens (including phenoxy) is 1. The fourth-order valence-electron chi connectivity index (χ4n) is 2.22. The maximum Gasteiger partial charge on any atom is 0.227 e. The first-order chi connectivity index (χ1) is 10.3. The number of aromatic nitrogens is 1. The summed E-state index contributed by atoms with van der Waals surface area (Å²) >= 11 is 0. The van der Waals surface area contributed by atoms with Gasteiger partial charge in [0.2, 0.25) is 5.88 Å². The number of aliphatic hydroxyl groups excluding tert-OH is 2. The van der Waals surface area contributed by atoms with Crippen molar-refractivity contribution in [1.82, 2.24) is 4.98 Å². The topological polar surface area (TPSA) is 62.6 Å². The van der Waals surface area contributed by atoms with E-state index >= 15 is 0 Å². The molecule has 2 N–H and O–H groups in total. The predicted octanol–water partition coefficient (Wildman–Crippen LogP) is 3.01. The number of para-hydroxylation sites is 1. The number of aliphatic hydroxyl groups is 2. The molecule has 21 heavy (non-hydrogen) atoms. The average molecular weight is 281 g/mol. The number of pyridine rings is 1. The van der Waals surface area contributed by atoms with E-state index in [0.717, 1.165) is 10.8 Å². The molecule has 4 heteroatoms. The monoisotopic (exact) mass is 281 g/mol. The molecule has 0 unspecified atom stereocenters. The van der Waals surface area contributed by atoms with Gasteiger partial charge in [0.1, 0.15) is 5.75 Å². The van der Waals surface area contributed by atoms with Gasteiger partial charge < -0.3 is 14.9 Å². The van der Waals surface area contributed by atoms with E-state index in [1.807, 2.05) is 42.5 Å². The minimum absolute atomic E-state index is 0.103. The quantitative estimate of drug-likeness (QED) is 0.771. The Balaban J connectivity index is 2.11. The van der Waals surface area contributed by atoms with E-state index in [0.29, 0.717) is 22.9 Å². The maximum atomic E-state index is 9.37. The number of benzene rings is 2. The summed E-state index contributed by atoms with van der Waals surface area (Å²) < 4.78 is 5.87. The summed E-state index contributed by atoms with van der Waals surface area (Å²) in [5.74, 6) is 0.991. The first kappa shape index (κ1) is 13.5. The third-order valence-corrected chi connectivity index (χ3v) is 3.27. The normalized spacial score (nSPS) is 10.8. The second-order valence-corrected chi connectivity index (χ2v) is 4.67. The molecule has 0 saturated carbocycles. The molecule has 0 fully saturated rings. The molecular formula is C17H15NO3. The van der Waals surface area contributed by atoms with Gasteiger partial charge in [-0.3, -0.25) is 0 Å². The van der Waals surface area contributed by atoms with E-state index in [2.05, 4.69) is 4.98 Å². The Hall–Kier alpha value is -2.43. The van der Waals surface area contributed by atoms with E-state index < -0.39 is 0 Å². The first-order valence-electron chi connectivity index (χ1n) is 6.68. The van der Waals surface area contributed by atoms with Crippen LogP contribution in [0.15, 0.2) is 54.6 Å². The lowest BCUT2D eigenvalue weighted by atomic mass is 10.1. The van der Waals surface area contributed by atoms with E-state index in [-0.39, 0.29) is 13.2 Å². The SMILES string of the molecule is OCc1cc2ccccc2c(Oc2ccccc2CO)n1. The molecule has 106 valence electrons. The largest absolute Gasteiger partial charge is 0.438 e. The third kappa shape index (κ3) is 2.72. The molecule has 3 rings (SSSR count). The van der Waals surface area contributed by atoms with Crippen LogP contribution in [0.5, 0.6) is 11.6 Å². The van der Waals surface area contributed by atoms with Gasteiger partial charge in [0.25, 0.3) is 0 Å². The molecule has 0 bridgehead atoms. The lowest BCUT2D eigenvalue weighted by Crippen LogP contribution is -1.97. The van der Waals surface area contributed by atoms with Gasteiger partial charge in [-0.2, -0.15) is 0 Å². The van der Waals surface area contributed by atoms with Crippen molar-refractivity contribution in [2.75, 3.05) is 0 Å². The molecule has 4 nitrogen and oxygen atoms in total. The van der Waals surface area contributed by atoms with Gasteiger partial charge in [0.05, 0.1) is 18.9 Å². The highest BCUT2D eigenvalue weighted by atomic mass is 16.5. The van der Waals surface area contributed by atoms with Crippen molar-refractivity contribution in [2.24, 2.45) is 0 Å². The van der Waals surface area contributed by atoms with Crippen LogP contribution in [0.2, 0.25) is 0 Å². The van der Waals surface area contributed by atoms with Crippen LogP contribution in [0.4, 0.5) is 0 Å². The van der Waals surface area contributed by atoms with Crippen LogP contribution in [-0.2, 0) is 13.2 Å². The zero-order chi connectivity index (χ0) is 14.7. The molecule has 0 aliphatic carbocycles. The summed E-state index contributed by atoms with van der Waals surface area (Å²) in [5, 5.41) is 20.5. The molecular weight excluding hydrogens is 266 g/mol. The maximum absolute atomic E-state index is 9.37. The van der Waals surface area contributed by atoms with Gasteiger partial charge in [-0.05, 0) is 23.6 Å². The summed E-state index contributed by atoms with van der Waals surface area (Å²) in [6.45, 7) is -0.253. The summed E-state index contributed by atoms with van der Waals surface area (Å²) in [5.41, 5.74) is 1.24.